The minimum Gasteiger partial charge on any atom is -0.326 e. The van der Waals surface area contributed by atoms with E-state index in [9.17, 15) is 48.7 Å². The van der Waals surface area contributed by atoms with E-state index in [4.69, 9.17) is 0 Å². The van der Waals surface area contributed by atoms with Crippen LogP contribution in [-0.4, -0.2) is 18.3 Å². The van der Waals surface area contributed by atoms with E-state index in [1.807, 2.05) is 0 Å². The molecule has 0 bridgehead atoms. The van der Waals surface area contributed by atoms with Crippen LogP contribution in [0.2, 0.25) is 0 Å². The maximum absolute atomic E-state index is 14.2. The number of carbonyl (C=O) groups excluding carboxylic acids is 1. The van der Waals surface area contributed by atoms with Crippen molar-refractivity contribution in [2.24, 2.45) is 11.8 Å². The Morgan fingerprint density at radius 3 is 1.86 bits per heavy atom. The molecule has 0 radical (unpaired) electrons. The van der Waals surface area contributed by atoms with Gasteiger partial charge in [-0.15, -0.1) is 0 Å². The Hall–Kier alpha value is -2.79. The van der Waals surface area contributed by atoms with Crippen LogP contribution in [0.15, 0.2) is 48.5 Å². The van der Waals surface area contributed by atoms with E-state index in [0.29, 0.717) is 25.0 Å². The van der Waals surface area contributed by atoms with Crippen LogP contribution in [0.25, 0.3) is 0 Å². The molecular formula is C25H23F10NO. The third kappa shape index (κ3) is 6.38. The molecule has 1 N–H and O–H groups in total. The average molecular weight is 543 g/mol. The van der Waals surface area contributed by atoms with Crippen LogP contribution >= 0.6 is 0 Å². The fraction of sp³-hybridized carbons (Fsp3) is 0.480. The van der Waals surface area contributed by atoms with Gasteiger partial charge >= 0.3 is 24.2 Å². The molecule has 1 unspecified atom stereocenters. The SMILES string of the molecule is O=C(Nc1ccc(C(F)(C(F)(F)F)C(F)(F)F)cc1)C(Cc1cccc(C(F)(F)F)c1)C1CCCCC1. The normalized spacial score (nSPS) is 16.9. The molecule has 1 fully saturated rings. The molecule has 1 aliphatic rings. The number of benzene rings is 2. The lowest BCUT2D eigenvalue weighted by molar-refractivity contribution is -0.348. The van der Waals surface area contributed by atoms with Gasteiger partial charge < -0.3 is 5.32 Å². The van der Waals surface area contributed by atoms with E-state index in [1.54, 1.807) is 0 Å². The van der Waals surface area contributed by atoms with Gasteiger partial charge in [-0.05, 0) is 48.9 Å². The molecule has 2 aromatic carbocycles. The topological polar surface area (TPSA) is 29.1 Å². The van der Waals surface area contributed by atoms with Crippen LogP contribution in [0.3, 0.4) is 0 Å². The molecule has 1 atom stereocenters. The monoisotopic (exact) mass is 543 g/mol. The minimum absolute atomic E-state index is 0.0474. The lowest BCUT2D eigenvalue weighted by Gasteiger charge is -2.31. The fourth-order valence-electron chi connectivity index (χ4n) is 4.64. The molecule has 12 heteroatoms. The zero-order valence-electron chi connectivity index (χ0n) is 19.2. The predicted molar refractivity (Wildman–Crippen MR) is 115 cm³/mol. The van der Waals surface area contributed by atoms with E-state index in [-0.39, 0.29) is 23.6 Å². The summed E-state index contributed by atoms with van der Waals surface area (Å²) in [5.74, 6) is -1.62. The van der Waals surface area contributed by atoms with Crippen LogP contribution in [0, 0.1) is 11.8 Å². The van der Waals surface area contributed by atoms with E-state index < -0.39 is 47.1 Å². The first-order valence-corrected chi connectivity index (χ1v) is 11.4. The largest absolute Gasteiger partial charge is 0.435 e. The van der Waals surface area contributed by atoms with Crippen LogP contribution in [0.4, 0.5) is 49.6 Å². The van der Waals surface area contributed by atoms with Gasteiger partial charge in [0.1, 0.15) is 0 Å². The number of nitrogens with one attached hydrogen (secondary N) is 1. The molecule has 1 aliphatic carbocycles. The average Bonchev–Trinajstić information content (AvgIpc) is 2.81. The highest BCUT2D eigenvalue weighted by atomic mass is 19.4. The second kappa shape index (κ2) is 10.5. The molecule has 0 aromatic heterocycles. The van der Waals surface area contributed by atoms with Crippen molar-refractivity contribution in [2.45, 2.75) is 62.7 Å². The molecule has 1 amide bonds. The Morgan fingerprint density at radius 2 is 1.35 bits per heavy atom. The van der Waals surface area contributed by atoms with Crippen molar-refractivity contribution in [3.05, 3.63) is 65.2 Å². The van der Waals surface area contributed by atoms with E-state index in [2.05, 4.69) is 5.32 Å². The molecule has 204 valence electrons. The molecule has 0 saturated heterocycles. The van der Waals surface area contributed by atoms with Crippen molar-refractivity contribution in [1.29, 1.82) is 0 Å². The van der Waals surface area contributed by atoms with Gasteiger partial charge in [0.25, 0.3) is 0 Å². The van der Waals surface area contributed by atoms with Crippen LogP contribution in [-0.2, 0) is 23.1 Å². The Bertz CT molecular complexity index is 1050. The standard InChI is InChI=1S/C25H23F10NO/c26-22(24(30,31)32,25(33,34)35)17-9-11-19(12-10-17)36-21(37)20(16-6-2-1-3-7-16)14-15-5-4-8-18(13-15)23(27,28)29/h4-5,8-13,16,20H,1-3,6-7,14H2,(H,36,37). The second-order valence-corrected chi connectivity index (χ2v) is 9.13. The molecule has 37 heavy (non-hydrogen) atoms. The summed E-state index contributed by atoms with van der Waals surface area (Å²) in [7, 11) is 0. The zero-order chi connectivity index (χ0) is 27.6. The van der Waals surface area contributed by atoms with Crippen molar-refractivity contribution in [3.8, 4) is 0 Å². The van der Waals surface area contributed by atoms with Crippen LogP contribution in [0.5, 0.6) is 0 Å². The number of hydrogen-bond acceptors (Lipinski definition) is 1. The molecular weight excluding hydrogens is 520 g/mol. The summed E-state index contributed by atoms with van der Waals surface area (Å²) >= 11 is 0. The Morgan fingerprint density at radius 1 is 0.784 bits per heavy atom. The number of carbonyl (C=O) groups is 1. The lowest BCUT2D eigenvalue weighted by atomic mass is 9.76. The molecule has 0 heterocycles. The van der Waals surface area contributed by atoms with Crippen molar-refractivity contribution in [1.82, 2.24) is 0 Å². The highest BCUT2D eigenvalue weighted by Crippen LogP contribution is 2.53. The maximum atomic E-state index is 14.2. The van der Waals surface area contributed by atoms with Gasteiger partial charge in [0.2, 0.25) is 5.91 Å². The summed E-state index contributed by atoms with van der Waals surface area (Å²) in [5.41, 5.74) is -8.10. The van der Waals surface area contributed by atoms with E-state index >= 15 is 0 Å². The third-order valence-electron chi connectivity index (χ3n) is 6.60. The van der Waals surface area contributed by atoms with Gasteiger partial charge in [0.15, 0.2) is 0 Å². The van der Waals surface area contributed by atoms with Crippen LogP contribution < -0.4 is 5.32 Å². The predicted octanol–water partition coefficient (Wildman–Crippen LogP) is 8.37. The Balaban J connectivity index is 1.85. The fourth-order valence-corrected chi connectivity index (χ4v) is 4.64. The molecule has 3 rings (SSSR count). The maximum Gasteiger partial charge on any atom is 0.435 e. The van der Waals surface area contributed by atoms with Crippen molar-refractivity contribution < 1.29 is 48.7 Å². The highest BCUT2D eigenvalue weighted by Gasteiger charge is 2.73. The smallest absolute Gasteiger partial charge is 0.326 e. The van der Waals surface area contributed by atoms with E-state index in [1.165, 1.54) is 12.1 Å². The quantitative estimate of drug-likeness (QED) is 0.365. The summed E-state index contributed by atoms with van der Waals surface area (Å²) in [4.78, 5) is 13.1. The van der Waals surface area contributed by atoms with Crippen molar-refractivity contribution >= 4 is 11.6 Å². The summed E-state index contributed by atoms with van der Waals surface area (Å²) in [6, 6.07) is 6.53. The molecule has 2 aromatic rings. The number of amides is 1. The molecule has 1 saturated carbocycles. The number of rotatable bonds is 6. The molecule has 0 aliphatic heterocycles. The van der Waals surface area contributed by atoms with Gasteiger partial charge in [0.05, 0.1) is 5.56 Å². The van der Waals surface area contributed by atoms with E-state index in [0.717, 1.165) is 43.5 Å². The lowest BCUT2D eigenvalue weighted by Crippen LogP contribution is -2.50. The van der Waals surface area contributed by atoms with Crippen molar-refractivity contribution in [3.63, 3.8) is 0 Å². The third-order valence-corrected chi connectivity index (χ3v) is 6.60. The van der Waals surface area contributed by atoms with Gasteiger partial charge in [0, 0.05) is 17.2 Å². The van der Waals surface area contributed by atoms with Crippen LogP contribution in [0.1, 0.15) is 48.8 Å². The minimum atomic E-state index is -6.27. The number of alkyl halides is 10. The molecule has 2 nitrogen and oxygen atoms in total. The summed E-state index contributed by atoms with van der Waals surface area (Å²) in [6.45, 7) is 0. The summed E-state index contributed by atoms with van der Waals surface area (Å²) < 4.78 is 132. The first kappa shape index (κ1) is 28.8. The Labute approximate surface area is 206 Å². The highest BCUT2D eigenvalue weighted by molar-refractivity contribution is 5.93. The number of anilines is 1. The van der Waals surface area contributed by atoms with Gasteiger partial charge in [-0.25, -0.2) is 4.39 Å². The Kier molecular flexibility index (Phi) is 8.19. The first-order valence-electron chi connectivity index (χ1n) is 11.4. The summed E-state index contributed by atoms with van der Waals surface area (Å²) in [6.07, 6.45) is -13.4. The van der Waals surface area contributed by atoms with Gasteiger partial charge in [-0.1, -0.05) is 49.6 Å². The summed E-state index contributed by atoms with van der Waals surface area (Å²) in [5, 5.41) is 2.41. The first-order chi connectivity index (χ1) is 17.0. The number of halogens is 10. The second-order valence-electron chi connectivity index (χ2n) is 9.13. The van der Waals surface area contributed by atoms with Crippen molar-refractivity contribution in [2.75, 3.05) is 5.32 Å². The number of hydrogen-bond donors (Lipinski definition) is 1. The molecule has 0 spiro atoms. The zero-order valence-corrected chi connectivity index (χ0v) is 19.2. The van der Waals surface area contributed by atoms with Gasteiger partial charge in [-0.3, -0.25) is 4.79 Å². The van der Waals surface area contributed by atoms with Gasteiger partial charge in [-0.2, -0.15) is 39.5 Å².